The number of alkyl halides is 2. The van der Waals surface area contributed by atoms with Crippen LogP contribution in [0.5, 0.6) is 0 Å². The van der Waals surface area contributed by atoms with E-state index in [1.54, 1.807) is 20.8 Å². The molecule has 0 atom stereocenters. The molecule has 6 heteroatoms. The summed E-state index contributed by atoms with van der Waals surface area (Å²) in [6, 6.07) is 0. The zero-order chi connectivity index (χ0) is 13.3. The van der Waals surface area contributed by atoms with Crippen LogP contribution < -0.4 is 0 Å². The number of carbonyl (C=O) groups excluding carboxylic acids is 2. The van der Waals surface area contributed by atoms with Crippen LogP contribution in [0, 0.1) is 0 Å². The van der Waals surface area contributed by atoms with E-state index in [4.69, 9.17) is 4.74 Å². The Bertz CT molecular complexity index is 323. The maximum Gasteiger partial charge on any atom is 0.417 e. The van der Waals surface area contributed by atoms with Crippen LogP contribution in [0.2, 0.25) is 0 Å². The number of halogens is 2. The fraction of sp³-hybridized carbons (Fsp3) is 0.818. The standard InChI is InChI=1S/C11H17F2NO3/c1-10(2,3)17-9(16)14-7-11(12,13)6-4-5-8(14)15/h4-7H2,1-3H3. The van der Waals surface area contributed by atoms with Crippen LogP contribution in [0.4, 0.5) is 13.6 Å². The molecule has 0 radical (unpaired) electrons. The van der Waals surface area contributed by atoms with Crippen molar-refractivity contribution < 1.29 is 23.1 Å². The third-order valence-corrected chi connectivity index (χ3v) is 2.24. The summed E-state index contributed by atoms with van der Waals surface area (Å²) in [5.41, 5.74) is -0.807. The second-order valence-electron chi connectivity index (χ2n) is 5.17. The zero-order valence-electron chi connectivity index (χ0n) is 10.3. The Labute approximate surface area is 98.9 Å². The molecular weight excluding hydrogens is 232 g/mol. The molecule has 4 nitrogen and oxygen atoms in total. The van der Waals surface area contributed by atoms with Crippen LogP contribution >= 0.6 is 0 Å². The fourth-order valence-electron chi connectivity index (χ4n) is 1.52. The van der Waals surface area contributed by atoms with E-state index in [2.05, 4.69) is 0 Å². The van der Waals surface area contributed by atoms with Gasteiger partial charge in [0.15, 0.2) is 0 Å². The number of carbonyl (C=O) groups is 2. The molecule has 0 spiro atoms. The van der Waals surface area contributed by atoms with Crippen LogP contribution in [0.3, 0.4) is 0 Å². The van der Waals surface area contributed by atoms with E-state index >= 15 is 0 Å². The van der Waals surface area contributed by atoms with Gasteiger partial charge in [-0.25, -0.2) is 18.5 Å². The number of likely N-dealkylation sites (tertiary alicyclic amines) is 1. The molecule has 1 aliphatic rings. The lowest BCUT2D eigenvalue weighted by Gasteiger charge is -2.26. The van der Waals surface area contributed by atoms with E-state index in [1.165, 1.54) is 0 Å². The Kier molecular flexibility index (Phi) is 3.74. The summed E-state index contributed by atoms with van der Waals surface area (Å²) in [6.07, 6.45) is -1.33. The van der Waals surface area contributed by atoms with Gasteiger partial charge in [-0.1, -0.05) is 0 Å². The molecule has 0 saturated carbocycles. The van der Waals surface area contributed by atoms with Crippen LogP contribution in [-0.2, 0) is 9.53 Å². The molecule has 0 N–H and O–H groups in total. The van der Waals surface area contributed by atoms with E-state index in [0.717, 1.165) is 0 Å². The predicted octanol–water partition coefficient (Wildman–Crippen LogP) is 2.57. The van der Waals surface area contributed by atoms with Gasteiger partial charge in [0, 0.05) is 12.8 Å². The van der Waals surface area contributed by atoms with Gasteiger partial charge in [-0.05, 0) is 27.2 Å². The van der Waals surface area contributed by atoms with Gasteiger partial charge in [-0.15, -0.1) is 0 Å². The normalized spacial score (nSPS) is 21.0. The Morgan fingerprint density at radius 2 is 2.00 bits per heavy atom. The lowest BCUT2D eigenvalue weighted by molar-refractivity contribution is -0.132. The molecule has 1 aliphatic heterocycles. The average Bonchev–Trinajstić information content (AvgIpc) is 2.22. The van der Waals surface area contributed by atoms with Gasteiger partial charge in [0.2, 0.25) is 5.91 Å². The first-order chi connectivity index (χ1) is 7.61. The summed E-state index contributed by atoms with van der Waals surface area (Å²) < 4.78 is 31.5. The van der Waals surface area contributed by atoms with E-state index in [-0.39, 0.29) is 19.3 Å². The lowest BCUT2D eigenvalue weighted by atomic mass is 10.2. The average molecular weight is 249 g/mol. The SMILES string of the molecule is CC(C)(C)OC(=O)N1CC(F)(F)CCCC1=O. The van der Waals surface area contributed by atoms with Crippen LogP contribution in [-0.4, -0.2) is 35.0 Å². The highest BCUT2D eigenvalue weighted by Gasteiger charge is 2.40. The minimum absolute atomic E-state index is 0.0468. The van der Waals surface area contributed by atoms with Crippen LogP contribution in [0.15, 0.2) is 0 Å². The summed E-state index contributed by atoms with van der Waals surface area (Å²) in [6.45, 7) is 3.96. The highest BCUT2D eigenvalue weighted by molar-refractivity contribution is 5.92. The second kappa shape index (κ2) is 4.58. The molecule has 98 valence electrons. The van der Waals surface area contributed by atoms with Gasteiger partial charge in [0.25, 0.3) is 5.92 Å². The molecule has 0 aromatic rings. The molecule has 1 heterocycles. The third kappa shape index (κ3) is 4.28. The number of nitrogens with zero attached hydrogens (tertiary/aromatic N) is 1. The molecule has 2 amide bonds. The Balaban J connectivity index is 2.78. The van der Waals surface area contributed by atoms with Gasteiger partial charge in [0.1, 0.15) is 5.60 Å². The highest BCUT2D eigenvalue weighted by atomic mass is 19.3. The van der Waals surface area contributed by atoms with Gasteiger partial charge in [-0.2, -0.15) is 0 Å². The number of hydrogen-bond donors (Lipinski definition) is 0. The maximum atomic E-state index is 13.3. The molecule has 1 saturated heterocycles. The first kappa shape index (κ1) is 13.9. The van der Waals surface area contributed by atoms with Crippen molar-refractivity contribution >= 4 is 12.0 Å². The summed E-state index contributed by atoms with van der Waals surface area (Å²) in [7, 11) is 0. The number of rotatable bonds is 0. The Morgan fingerprint density at radius 1 is 1.41 bits per heavy atom. The van der Waals surface area contributed by atoms with Gasteiger partial charge in [-0.3, -0.25) is 4.79 Å². The molecule has 0 unspecified atom stereocenters. The Hall–Kier alpha value is -1.20. The Morgan fingerprint density at radius 3 is 2.53 bits per heavy atom. The van der Waals surface area contributed by atoms with Crippen molar-refractivity contribution in [2.75, 3.05) is 6.54 Å². The summed E-state index contributed by atoms with van der Waals surface area (Å²) in [5.74, 6) is -3.63. The molecule has 0 aromatic carbocycles. The van der Waals surface area contributed by atoms with E-state index < -0.39 is 30.1 Å². The monoisotopic (exact) mass is 249 g/mol. The summed E-state index contributed by atoms with van der Waals surface area (Å²) in [5, 5.41) is 0. The minimum atomic E-state index is -3.02. The summed E-state index contributed by atoms with van der Waals surface area (Å²) in [4.78, 5) is 23.6. The molecule has 1 fully saturated rings. The van der Waals surface area contributed by atoms with E-state index in [0.29, 0.717) is 4.90 Å². The third-order valence-electron chi connectivity index (χ3n) is 2.24. The van der Waals surface area contributed by atoms with Crippen molar-refractivity contribution in [2.45, 2.75) is 51.6 Å². The van der Waals surface area contributed by atoms with Crippen LogP contribution in [0.1, 0.15) is 40.0 Å². The number of ether oxygens (including phenoxy) is 1. The largest absolute Gasteiger partial charge is 0.443 e. The van der Waals surface area contributed by atoms with Crippen molar-refractivity contribution in [2.24, 2.45) is 0 Å². The quantitative estimate of drug-likeness (QED) is 0.662. The van der Waals surface area contributed by atoms with Gasteiger partial charge >= 0.3 is 6.09 Å². The van der Waals surface area contributed by atoms with E-state index in [9.17, 15) is 18.4 Å². The molecule has 0 aliphatic carbocycles. The van der Waals surface area contributed by atoms with Crippen molar-refractivity contribution in [1.29, 1.82) is 0 Å². The lowest BCUT2D eigenvalue weighted by Crippen LogP contribution is -2.45. The number of hydrogen-bond acceptors (Lipinski definition) is 3. The minimum Gasteiger partial charge on any atom is -0.443 e. The smallest absolute Gasteiger partial charge is 0.417 e. The number of imide groups is 1. The fourth-order valence-corrected chi connectivity index (χ4v) is 1.52. The van der Waals surface area contributed by atoms with Crippen molar-refractivity contribution in [3.8, 4) is 0 Å². The highest BCUT2D eigenvalue weighted by Crippen LogP contribution is 2.27. The first-order valence-electron chi connectivity index (χ1n) is 5.52. The molecule has 0 aromatic heterocycles. The maximum absolute atomic E-state index is 13.3. The molecular formula is C11H17F2NO3. The van der Waals surface area contributed by atoms with E-state index in [1.807, 2.05) is 0 Å². The topological polar surface area (TPSA) is 46.6 Å². The number of amides is 2. The predicted molar refractivity (Wildman–Crippen MR) is 56.7 cm³/mol. The van der Waals surface area contributed by atoms with Gasteiger partial charge < -0.3 is 4.74 Å². The van der Waals surface area contributed by atoms with Crippen molar-refractivity contribution in [3.63, 3.8) is 0 Å². The second-order valence-corrected chi connectivity index (χ2v) is 5.17. The zero-order valence-corrected chi connectivity index (χ0v) is 10.3. The van der Waals surface area contributed by atoms with Crippen molar-refractivity contribution in [1.82, 2.24) is 4.90 Å². The van der Waals surface area contributed by atoms with Crippen molar-refractivity contribution in [3.05, 3.63) is 0 Å². The van der Waals surface area contributed by atoms with Crippen LogP contribution in [0.25, 0.3) is 0 Å². The molecule has 1 rings (SSSR count). The first-order valence-corrected chi connectivity index (χ1v) is 5.52. The molecule has 17 heavy (non-hydrogen) atoms. The summed E-state index contributed by atoms with van der Waals surface area (Å²) >= 11 is 0. The van der Waals surface area contributed by atoms with Gasteiger partial charge in [0.05, 0.1) is 6.54 Å². The molecule has 0 bridgehead atoms.